The lowest BCUT2D eigenvalue weighted by atomic mass is 10.2. The van der Waals surface area contributed by atoms with E-state index in [1.165, 1.54) is 12.1 Å². The zero-order valence-electron chi connectivity index (χ0n) is 11.6. The molecule has 1 aromatic rings. The van der Waals surface area contributed by atoms with E-state index >= 15 is 0 Å². The highest BCUT2D eigenvalue weighted by atomic mass is 19.2. The first-order valence-corrected chi connectivity index (χ1v) is 7.03. The Kier molecular flexibility index (Phi) is 8.14. The summed E-state index contributed by atoms with van der Waals surface area (Å²) in [6, 6.07) is 3.99. The zero-order chi connectivity index (χ0) is 13.9. The van der Waals surface area contributed by atoms with Gasteiger partial charge in [-0.1, -0.05) is 25.8 Å². The molecule has 0 aliphatic carbocycles. The van der Waals surface area contributed by atoms with E-state index in [1.807, 2.05) is 0 Å². The lowest BCUT2D eigenvalue weighted by Gasteiger charge is -2.07. The van der Waals surface area contributed by atoms with Crippen molar-refractivity contribution in [2.24, 2.45) is 0 Å². The van der Waals surface area contributed by atoms with Crippen molar-refractivity contribution in [3.05, 3.63) is 29.8 Å². The summed E-state index contributed by atoms with van der Waals surface area (Å²) >= 11 is 0. The molecule has 0 heterocycles. The molecule has 1 N–H and O–H groups in total. The molecule has 0 atom stereocenters. The third-order valence-electron chi connectivity index (χ3n) is 2.85. The van der Waals surface area contributed by atoms with Crippen LogP contribution in [0, 0.1) is 11.6 Å². The Balaban J connectivity index is 2.03. The summed E-state index contributed by atoms with van der Waals surface area (Å²) < 4.78 is 31.4. The average molecular weight is 271 g/mol. The molecule has 0 unspecified atom stereocenters. The van der Waals surface area contributed by atoms with E-state index in [4.69, 9.17) is 4.74 Å². The minimum Gasteiger partial charge on any atom is -0.490 e. The van der Waals surface area contributed by atoms with Gasteiger partial charge in [-0.05, 0) is 44.5 Å². The summed E-state index contributed by atoms with van der Waals surface area (Å²) in [5.74, 6) is -1.75. The molecule has 0 aliphatic rings. The number of nitrogens with one attached hydrogen (secondary N) is 1. The topological polar surface area (TPSA) is 21.3 Å². The van der Waals surface area contributed by atoms with Crippen LogP contribution in [0.3, 0.4) is 0 Å². The van der Waals surface area contributed by atoms with Crippen LogP contribution in [-0.2, 0) is 0 Å². The Morgan fingerprint density at radius 2 is 1.84 bits per heavy atom. The van der Waals surface area contributed by atoms with E-state index in [0.29, 0.717) is 6.61 Å². The second kappa shape index (κ2) is 9.73. The van der Waals surface area contributed by atoms with E-state index < -0.39 is 11.6 Å². The van der Waals surface area contributed by atoms with Crippen LogP contribution >= 0.6 is 0 Å². The number of hydrogen-bond acceptors (Lipinski definition) is 2. The Morgan fingerprint density at radius 1 is 1.05 bits per heavy atom. The first kappa shape index (κ1) is 15.9. The highest BCUT2D eigenvalue weighted by Gasteiger charge is 2.07. The molecular weight excluding hydrogens is 248 g/mol. The van der Waals surface area contributed by atoms with Crippen molar-refractivity contribution in [3.63, 3.8) is 0 Å². The van der Waals surface area contributed by atoms with Crippen LogP contribution in [-0.4, -0.2) is 19.7 Å². The molecule has 1 rings (SSSR count). The molecule has 0 saturated heterocycles. The average Bonchev–Trinajstić information content (AvgIpc) is 2.41. The van der Waals surface area contributed by atoms with E-state index in [-0.39, 0.29) is 5.75 Å². The van der Waals surface area contributed by atoms with Gasteiger partial charge in [0.15, 0.2) is 11.6 Å². The van der Waals surface area contributed by atoms with Crippen molar-refractivity contribution in [2.45, 2.75) is 39.0 Å². The van der Waals surface area contributed by atoms with Crippen LogP contribution in [0.15, 0.2) is 18.2 Å². The molecule has 1 aromatic carbocycles. The summed E-state index contributed by atoms with van der Waals surface area (Å²) in [7, 11) is 0. The summed E-state index contributed by atoms with van der Waals surface area (Å²) in [6.07, 6.45) is 5.35. The molecule has 0 bridgehead atoms. The number of benzene rings is 1. The van der Waals surface area contributed by atoms with Crippen LogP contribution < -0.4 is 10.1 Å². The first-order chi connectivity index (χ1) is 9.25. The molecule has 0 radical (unpaired) electrons. The molecule has 0 aliphatic heterocycles. The fraction of sp³-hybridized carbons (Fsp3) is 0.600. The van der Waals surface area contributed by atoms with Gasteiger partial charge in [-0.25, -0.2) is 4.39 Å². The Labute approximate surface area is 114 Å². The van der Waals surface area contributed by atoms with E-state index in [0.717, 1.165) is 51.3 Å². The molecular formula is C15H23F2NO. The molecule has 0 fully saturated rings. The molecule has 0 amide bonds. The van der Waals surface area contributed by atoms with Crippen molar-refractivity contribution in [2.75, 3.05) is 19.7 Å². The normalized spacial score (nSPS) is 10.7. The van der Waals surface area contributed by atoms with Gasteiger partial charge >= 0.3 is 0 Å². The summed E-state index contributed by atoms with van der Waals surface area (Å²) in [6.45, 7) is 4.70. The lowest BCUT2D eigenvalue weighted by molar-refractivity contribution is 0.285. The van der Waals surface area contributed by atoms with Gasteiger partial charge in [-0.15, -0.1) is 0 Å². The number of unbranched alkanes of at least 4 members (excludes halogenated alkanes) is 3. The smallest absolute Gasteiger partial charge is 0.200 e. The first-order valence-electron chi connectivity index (χ1n) is 7.03. The maximum atomic E-state index is 13.2. The standard InChI is InChI=1S/C15H23F2NO/c1-2-10-18-11-5-3-4-6-12-19-14-9-7-8-13(16)15(14)17/h7-9,18H,2-6,10-12H2,1H3. The van der Waals surface area contributed by atoms with Gasteiger partial charge in [0.05, 0.1) is 6.61 Å². The molecule has 0 saturated carbocycles. The number of halogens is 2. The van der Waals surface area contributed by atoms with Gasteiger partial charge < -0.3 is 10.1 Å². The minimum absolute atomic E-state index is 0.00427. The van der Waals surface area contributed by atoms with E-state index in [1.54, 1.807) is 0 Å². The molecule has 108 valence electrons. The van der Waals surface area contributed by atoms with Gasteiger partial charge in [-0.2, -0.15) is 4.39 Å². The van der Waals surface area contributed by atoms with Crippen molar-refractivity contribution >= 4 is 0 Å². The van der Waals surface area contributed by atoms with E-state index in [2.05, 4.69) is 12.2 Å². The quantitative estimate of drug-likeness (QED) is 0.652. The maximum Gasteiger partial charge on any atom is 0.200 e. The lowest BCUT2D eigenvalue weighted by Crippen LogP contribution is -2.15. The second-order valence-electron chi connectivity index (χ2n) is 4.56. The predicted octanol–water partition coefficient (Wildman–Crippen LogP) is 3.90. The van der Waals surface area contributed by atoms with Crippen LogP contribution in [0.2, 0.25) is 0 Å². The molecule has 19 heavy (non-hydrogen) atoms. The van der Waals surface area contributed by atoms with Gasteiger partial charge in [0.1, 0.15) is 0 Å². The maximum absolute atomic E-state index is 13.2. The number of rotatable bonds is 10. The van der Waals surface area contributed by atoms with Crippen molar-refractivity contribution in [3.8, 4) is 5.75 Å². The van der Waals surface area contributed by atoms with Gasteiger partial charge in [0, 0.05) is 0 Å². The fourth-order valence-electron chi connectivity index (χ4n) is 1.79. The van der Waals surface area contributed by atoms with Gasteiger partial charge in [-0.3, -0.25) is 0 Å². The Bertz CT molecular complexity index is 358. The van der Waals surface area contributed by atoms with Gasteiger partial charge in [0.2, 0.25) is 5.82 Å². The highest BCUT2D eigenvalue weighted by molar-refractivity contribution is 5.24. The molecule has 0 spiro atoms. The molecule has 4 heteroatoms. The summed E-state index contributed by atoms with van der Waals surface area (Å²) in [4.78, 5) is 0. The number of ether oxygens (including phenoxy) is 1. The van der Waals surface area contributed by atoms with Crippen LogP contribution in [0.1, 0.15) is 39.0 Å². The third-order valence-corrected chi connectivity index (χ3v) is 2.85. The van der Waals surface area contributed by atoms with Crippen LogP contribution in [0.5, 0.6) is 5.75 Å². The van der Waals surface area contributed by atoms with Crippen molar-refractivity contribution < 1.29 is 13.5 Å². The molecule has 2 nitrogen and oxygen atoms in total. The van der Waals surface area contributed by atoms with Crippen molar-refractivity contribution in [1.29, 1.82) is 0 Å². The second-order valence-corrected chi connectivity index (χ2v) is 4.56. The SMILES string of the molecule is CCCNCCCCCCOc1cccc(F)c1F. The largest absolute Gasteiger partial charge is 0.490 e. The fourth-order valence-corrected chi connectivity index (χ4v) is 1.79. The van der Waals surface area contributed by atoms with Gasteiger partial charge in [0.25, 0.3) is 0 Å². The van der Waals surface area contributed by atoms with E-state index in [9.17, 15) is 8.78 Å². The monoisotopic (exact) mass is 271 g/mol. The van der Waals surface area contributed by atoms with Crippen molar-refractivity contribution in [1.82, 2.24) is 5.32 Å². The highest BCUT2D eigenvalue weighted by Crippen LogP contribution is 2.19. The Hall–Kier alpha value is -1.16. The zero-order valence-corrected chi connectivity index (χ0v) is 11.6. The predicted molar refractivity (Wildman–Crippen MR) is 73.5 cm³/mol. The number of hydrogen-bond donors (Lipinski definition) is 1. The summed E-state index contributed by atoms with van der Waals surface area (Å²) in [5.41, 5.74) is 0. The van der Waals surface area contributed by atoms with Crippen LogP contribution in [0.25, 0.3) is 0 Å². The Morgan fingerprint density at radius 3 is 2.63 bits per heavy atom. The van der Waals surface area contributed by atoms with Crippen LogP contribution in [0.4, 0.5) is 8.78 Å². The molecule has 0 aromatic heterocycles. The third kappa shape index (κ3) is 6.53. The minimum atomic E-state index is -0.897. The summed E-state index contributed by atoms with van der Waals surface area (Å²) in [5, 5.41) is 3.34.